The van der Waals surface area contributed by atoms with Gasteiger partial charge in [-0.05, 0) is 29.0 Å². The Morgan fingerprint density at radius 3 is 1.85 bits per heavy atom. The van der Waals surface area contributed by atoms with Gasteiger partial charge in [-0.2, -0.15) is 0 Å². The Balaban J connectivity index is 1.97. The maximum Gasteiger partial charge on any atom is 0.336 e. The Labute approximate surface area is 157 Å². The number of phenols is 1. The van der Waals surface area contributed by atoms with E-state index in [9.17, 15) is 15.0 Å². The van der Waals surface area contributed by atoms with Crippen LogP contribution >= 0.6 is 0 Å². The van der Waals surface area contributed by atoms with Gasteiger partial charge in [-0.1, -0.05) is 78.9 Å². The fourth-order valence-electron chi connectivity index (χ4n) is 3.58. The van der Waals surface area contributed by atoms with Crippen molar-refractivity contribution < 1.29 is 15.0 Å². The van der Waals surface area contributed by atoms with Crippen LogP contribution in [0.2, 0.25) is 0 Å². The van der Waals surface area contributed by atoms with E-state index in [0.717, 1.165) is 22.1 Å². The fraction of sp³-hybridized carbons (Fsp3) is 0.0417. The Hall–Kier alpha value is -3.59. The molecule has 27 heavy (non-hydrogen) atoms. The number of carboxylic acid groups (broad SMARTS) is 1. The van der Waals surface area contributed by atoms with Crippen LogP contribution in [0.1, 0.15) is 15.9 Å². The van der Waals surface area contributed by atoms with Crippen molar-refractivity contribution in [2.75, 3.05) is 0 Å². The topological polar surface area (TPSA) is 57.5 Å². The molecular weight excluding hydrogens is 336 g/mol. The van der Waals surface area contributed by atoms with Crippen LogP contribution in [0.15, 0.2) is 78.9 Å². The van der Waals surface area contributed by atoms with E-state index in [1.54, 1.807) is 6.92 Å². The van der Waals surface area contributed by atoms with Gasteiger partial charge in [0.25, 0.3) is 0 Å². The van der Waals surface area contributed by atoms with Gasteiger partial charge in [-0.3, -0.25) is 0 Å². The van der Waals surface area contributed by atoms with Crippen LogP contribution in [0.3, 0.4) is 0 Å². The summed E-state index contributed by atoms with van der Waals surface area (Å²) in [6, 6.07) is 25.2. The summed E-state index contributed by atoms with van der Waals surface area (Å²) in [4.78, 5) is 12.0. The van der Waals surface area contributed by atoms with Crippen molar-refractivity contribution in [1.29, 1.82) is 0 Å². The van der Waals surface area contributed by atoms with E-state index in [1.165, 1.54) is 0 Å². The third-order valence-corrected chi connectivity index (χ3v) is 4.93. The second kappa shape index (κ2) is 6.61. The van der Waals surface area contributed by atoms with Gasteiger partial charge >= 0.3 is 5.97 Å². The molecule has 0 fully saturated rings. The summed E-state index contributed by atoms with van der Waals surface area (Å²) < 4.78 is 0. The first-order valence-corrected chi connectivity index (χ1v) is 8.71. The number of carboxylic acids is 1. The van der Waals surface area contributed by atoms with E-state index in [0.29, 0.717) is 16.5 Å². The molecule has 0 saturated heterocycles. The molecule has 0 atom stereocenters. The lowest BCUT2D eigenvalue weighted by atomic mass is 9.88. The highest BCUT2D eigenvalue weighted by atomic mass is 16.4. The number of aromatic carboxylic acids is 1. The molecule has 0 spiro atoms. The minimum absolute atomic E-state index is 0.0210. The van der Waals surface area contributed by atoms with Gasteiger partial charge < -0.3 is 10.2 Å². The van der Waals surface area contributed by atoms with Gasteiger partial charge in [-0.15, -0.1) is 0 Å². The van der Waals surface area contributed by atoms with E-state index >= 15 is 0 Å². The van der Waals surface area contributed by atoms with Crippen molar-refractivity contribution in [3.05, 3.63) is 90.0 Å². The molecule has 0 aliphatic rings. The number of phenolic OH excluding ortho intramolecular Hbond substituents is 1. The number of benzene rings is 4. The van der Waals surface area contributed by atoms with Gasteiger partial charge in [0.1, 0.15) is 5.75 Å². The first-order valence-electron chi connectivity index (χ1n) is 8.71. The highest BCUT2D eigenvalue weighted by molar-refractivity contribution is 6.11. The maximum absolute atomic E-state index is 12.0. The normalized spacial score (nSPS) is 10.9. The molecule has 4 aromatic rings. The van der Waals surface area contributed by atoms with Gasteiger partial charge in [-0.25, -0.2) is 4.79 Å². The lowest BCUT2D eigenvalue weighted by molar-refractivity contribution is 0.0696. The largest absolute Gasteiger partial charge is 0.507 e. The standard InChI is InChI=1S/C24H18O3/c1-15-21(24(26)27)22(19-9-5-6-10-20(19)23(15)25)18-13-11-17(12-14-18)16-7-3-2-4-8-16/h2-14,25H,1H3,(H,26,27). The van der Waals surface area contributed by atoms with Crippen molar-refractivity contribution in [3.63, 3.8) is 0 Å². The molecule has 0 aliphatic heterocycles. The number of rotatable bonds is 3. The Morgan fingerprint density at radius 1 is 0.704 bits per heavy atom. The average molecular weight is 354 g/mol. The fourth-order valence-corrected chi connectivity index (χ4v) is 3.58. The quantitative estimate of drug-likeness (QED) is 0.482. The molecule has 0 bridgehead atoms. The molecule has 0 saturated carbocycles. The van der Waals surface area contributed by atoms with Crippen LogP contribution < -0.4 is 0 Å². The number of carbonyl (C=O) groups is 1. The molecule has 0 heterocycles. The highest BCUT2D eigenvalue weighted by Gasteiger charge is 2.22. The van der Waals surface area contributed by atoms with E-state index < -0.39 is 5.97 Å². The summed E-state index contributed by atoms with van der Waals surface area (Å²) in [6.45, 7) is 1.65. The molecule has 132 valence electrons. The number of hydrogen-bond acceptors (Lipinski definition) is 2. The summed E-state index contributed by atoms with van der Waals surface area (Å²) >= 11 is 0. The van der Waals surface area contributed by atoms with Crippen LogP contribution in [0.4, 0.5) is 0 Å². The van der Waals surface area contributed by atoms with Crippen LogP contribution in [0.5, 0.6) is 5.75 Å². The van der Waals surface area contributed by atoms with Gasteiger partial charge in [0.15, 0.2) is 0 Å². The molecule has 0 aromatic heterocycles. The summed E-state index contributed by atoms with van der Waals surface area (Å²) in [5.41, 5.74) is 4.13. The van der Waals surface area contributed by atoms with E-state index in [2.05, 4.69) is 0 Å². The molecule has 0 amide bonds. The number of aromatic hydroxyl groups is 1. The monoisotopic (exact) mass is 354 g/mol. The minimum Gasteiger partial charge on any atom is -0.507 e. The third kappa shape index (κ3) is 2.83. The lowest BCUT2D eigenvalue weighted by Gasteiger charge is -2.16. The van der Waals surface area contributed by atoms with E-state index in [1.807, 2.05) is 78.9 Å². The van der Waals surface area contributed by atoms with Crippen molar-refractivity contribution in [2.45, 2.75) is 6.92 Å². The molecule has 4 aromatic carbocycles. The van der Waals surface area contributed by atoms with E-state index in [-0.39, 0.29) is 11.3 Å². The Kier molecular flexibility index (Phi) is 4.13. The number of fused-ring (bicyclic) bond motifs is 1. The smallest absolute Gasteiger partial charge is 0.336 e. The zero-order valence-corrected chi connectivity index (χ0v) is 14.8. The van der Waals surface area contributed by atoms with Crippen LogP contribution in [0.25, 0.3) is 33.0 Å². The molecule has 2 N–H and O–H groups in total. The summed E-state index contributed by atoms with van der Waals surface area (Å²) in [7, 11) is 0. The Bertz CT molecular complexity index is 1140. The van der Waals surface area contributed by atoms with Crippen molar-refractivity contribution in [1.82, 2.24) is 0 Å². The predicted molar refractivity (Wildman–Crippen MR) is 108 cm³/mol. The van der Waals surface area contributed by atoms with Crippen LogP contribution in [0, 0.1) is 6.92 Å². The second-order valence-corrected chi connectivity index (χ2v) is 6.52. The molecule has 0 radical (unpaired) electrons. The van der Waals surface area contributed by atoms with Crippen molar-refractivity contribution >= 4 is 16.7 Å². The molecular formula is C24H18O3. The SMILES string of the molecule is Cc1c(C(=O)O)c(-c2ccc(-c3ccccc3)cc2)c2ccccc2c1O. The van der Waals surface area contributed by atoms with Crippen LogP contribution in [-0.2, 0) is 0 Å². The van der Waals surface area contributed by atoms with Gasteiger partial charge in [0.2, 0.25) is 0 Å². The molecule has 3 nitrogen and oxygen atoms in total. The molecule has 0 aliphatic carbocycles. The Morgan fingerprint density at radius 2 is 1.22 bits per heavy atom. The summed E-state index contributed by atoms with van der Waals surface area (Å²) in [5.74, 6) is -1.02. The van der Waals surface area contributed by atoms with Gasteiger partial charge in [0.05, 0.1) is 5.56 Å². The van der Waals surface area contributed by atoms with Crippen molar-refractivity contribution in [3.8, 4) is 28.0 Å². The molecule has 0 unspecified atom stereocenters. The zero-order chi connectivity index (χ0) is 19.0. The van der Waals surface area contributed by atoms with Gasteiger partial charge in [0, 0.05) is 16.5 Å². The second-order valence-electron chi connectivity index (χ2n) is 6.52. The van der Waals surface area contributed by atoms with E-state index in [4.69, 9.17) is 0 Å². The summed E-state index contributed by atoms with van der Waals surface area (Å²) in [5, 5.41) is 21.7. The maximum atomic E-state index is 12.0. The predicted octanol–water partition coefficient (Wildman–Crippen LogP) is 5.89. The molecule has 4 rings (SSSR count). The first-order chi connectivity index (χ1) is 13.1. The minimum atomic E-state index is -1.05. The summed E-state index contributed by atoms with van der Waals surface area (Å²) in [6.07, 6.45) is 0. The highest BCUT2D eigenvalue weighted by Crippen LogP contribution is 2.40. The lowest BCUT2D eigenvalue weighted by Crippen LogP contribution is -2.04. The third-order valence-electron chi connectivity index (χ3n) is 4.93. The zero-order valence-electron chi connectivity index (χ0n) is 14.8. The average Bonchev–Trinajstić information content (AvgIpc) is 2.71. The van der Waals surface area contributed by atoms with Crippen molar-refractivity contribution in [2.24, 2.45) is 0 Å². The molecule has 3 heteroatoms. The first kappa shape index (κ1) is 16.9. The van der Waals surface area contributed by atoms with Crippen LogP contribution in [-0.4, -0.2) is 16.2 Å². The number of hydrogen-bond donors (Lipinski definition) is 2.